The number of anilines is 4. The predicted octanol–water partition coefficient (Wildman–Crippen LogP) is 10.3. The summed E-state index contributed by atoms with van der Waals surface area (Å²) in [6.07, 6.45) is 1.82. The van der Waals surface area contributed by atoms with Crippen molar-refractivity contribution in [3.8, 4) is 39.7 Å². The first-order valence-electron chi connectivity index (χ1n) is 15.8. The van der Waals surface area contributed by atoms with E-state index in [4.69, 9.17) is 14.7 Å². The highest BCUT2D eigenvalue weighted by Gasteiger charge is 2.30. The number of aromatic nitrogens is 3. The van der Waals surface area contributed by atoms with E-state index in [0.29, 0.717) is 6.67 Å². The Bertz CT molecular complexity index is 2520. The van der Waals surface area contributed by atoms with Crippen molar-refractivity contribution in [1.82, 2.24) is 14.5 Å². The molecule has 0 N–H and O–H groups in total. The molecule has 5 heterocycles. The van der Waals surface area contributed by atoms with Gasteiger partial charge in [0.05, 0.1) is 33.8 Å². The number of hydrogen-bond donors (Lipinski definition) is 0. The summed E-state index contributed by atoms with van der Waals surface area (Å²) in [7, 11) is 0. The quantitative estimate of drug-likeness (QED) is 0.172. The van der Waals surface area contributed by atoms with E-state index in [-0.39, 0.29) is 0 Å². The Morgan fingerprint density at radius 3 is 2.09 bits per heavy atom. The van der Waals surface area contributed by atoms with Gasteiger partial charge in [-0.2, -0.15) is 0 Å². The topological polar surface area (TPSA) is 46.4 Å². The Morgan fingerprint density at radius 2 is 1.19 bits per heavy atom. The van der Waals surface area contributed by atoms with E-state index < -0.39 is 0 Å². The molecule has 6 nitrogen and oxygen atoms in total. The first kappa shape index (κ1) is 25.9. The van der Waals surface area contributed by atoms with Crippen LogP contribution in [0.3, 0.4) is 0 Å². The van der Waals surface area contributed by atoms with Crippen LogP contribution < -0.4 is 14.5 Å². The van der Waals surface area contributed by atoms with Crippen LogP contribution in [0.4, 0.5) is 22.9 Å². The molecule has 5 aromatic carbocycles. The molecule has 0 radical (unpaired) electrons. The van der Waals surface area contributed by atoms with E-state index in [1.54, 1.807) is 0 Å². The lowest BCUT2D eigenvalue weighted by atomic mass is 9.95. The summed E-state index contributed by atoms with van der Waals surface area (Å²) in [4.78, 5) is 14.8. The lowest BCUT2D eigenvalue weighted by Crippen LogP contribution is -2.25. The first-order chi connectivity index (χ1) is 23.3. The Hall–Kier alpha value is -6.40. The second-order valence-electron chi connectivity index (χ2n) is 11.9. The van der Waals surface area contributed by atoms with E-state index >= 15 is 0 Å². The first-order valence-corrected chi connectivity index (χ1v) is 15.8. The summed E-state index contributed by atoms with van der Waals surface area (Å²) in [5.74, 6) is 3.15. The van der Waals surface area contributed by atoms with Crippen molar-refractivity contribution in [2.75, 3.05) is 16.5 Å². The predicted molar refractivity (Wildman–Crippen MR) is 189 cm³/mol. The fourth-order valence-corrected chi connectivity index (χ4v) is 7.20. The Balaban J connectivity index is 1.28. The van der Waals surface area contributed by atoms with Crippen LogP contribution in [0.5, 0.6) is 11.5 Å². The standard InChI is InChI=1S/C41H27N5O/c1-2-11-30-29(10-1)31-12-3-5-15-35(31)44-26-45(38-18-8-7-17-37(38)44)41-25-28(22-23-42-41)47-27-20-21-33-32-13-4-6-16-36(32)46(39(33)24-27)40-19-9-14-34(30)43-40/h1-25H,26H2. The third-order valence-corrected chi connectivity index (χ3v) is 9.27. The molecule has 0 aliphatic carbocycles. The van der Waals surface area contributed by atoms with Crippen LogP contribution in [-0.2, 0) is 0 Å². The number of rotatable bonds is 0. The van der Waals surface area contributed by atoms with Crippen LogP contribution >= 0.6 is 0 Å². The zero-order chi connectivity index (χ0) is 30.9. The fraction of sp³-hybridized carbons (Fsp3) is 0.0244. The number of pyridine rings is 2. The van der Waals surface area contributed by atoms with Crippen LogP contribution in [0, 0.1) is 0 Å². The second-order valence-corrected chi connectivity index (χ2v) is 11.9. The number of hydrogen-bond acceptors (Lipinski definition) is 5. The number of nitrogens with zero attached hydrogens (tertiary/aromatic N) is 5. The van der Waals surface area contributed by atoms with Gasteiger partial charge in [0.2, 0.25) is 0 Å². The molecule has 10 rings (SSSR count). The average molecular weight is 606 g/mol. The molecule has 0 unspecified atom stereocenters. The molecule has 0 atom stereocenters. The third-order valence-electron chi connectivity index (χ3n) is 9.27. The van der Waals surface area contributed by atoms with Crippen LogP contribution in [0.2, 0.25) is 0 Å². The molecule has 8 bridgehead atoms. The van der Waals surface area contributed by atoms with Gasteiger partial charge >= 0.3 is 0 Å². The molecule has 2 aliphatic heterocycles. The van der Waals surface area contributed by atoms with Gasteiger partial charge in [0.15, 0.2) is 0 Å². The van der Waals surface area contributed by atoms with Gasteiger partial charge in [0.1, 0.15) is 29.8 Å². The molecule has 0 saturated carbocycles. The Kier molecular flexibility index (Phi) is 5.54. The SMILES string of the molecule is c1cc2nc(c1)-n1c3ccccc3c3ccc(cc31)Oc1ccnc(c1)N1CN(c3ccccc3-c3ccccc3-2)c2ccccc21. The van der Waals surface area contributed by atoms with E-state index in [2.05, 4.69) is 142 Å². The van der Waals surface area contributed by atoms with Gasteiger partial charge in [-0.3, -0.25) is 4.57 Å². The van der Waals surface area contributed by atoms with Gasteiger partial charge in [-0.1, -0.05) is 78.9 Å². The highest BCUT2D eigenvalue weighted by atomic mass is 16.5. The minimum Gasteiger partial charge on any atom is -0.457 e. The number of ether oxygens (including phenoxy) is 1. The Labute approximate surface area is 271 Å². The fourth-order valence-electron chi connectivity index (χ4n) is 7.20. The van der Waals surface area contributed by atoms with Crippen molar-refractivity contribution < 1.29 is 4.74 Å². The summed E-state index contributed by atoms with van der Waals surface area (Å²) in [6.45, 7) is 0.606. The lowest BCUT2D eigenvalue weighted by Gasteiger charge is -2.25. The average Bonchev–Trinajstić information content (AvgIpc) is 3.68. The maximum Gasteiger partial charge on any atom is 0.138 e. The monoisotopic (exact) mass is 605 g/mol. The maximum atomic E-state index is 6.56. The summed E-state index contributed by atoms with van der Waals surface area (Å²) < 4.78 is 8.80. The molecule has 3 aromatic heterocycles. The summed E-state index contributed by atoms with van der Waals surface area (Å²) in [5.41, 5.74) is 9.72. The van der Waals surface area contributed by atoms with Crippen LogP contribution in [0.15, 0.2) is 152 Å². The number of benzene rings is 5. The zero-order valence-corrected chi connectivity index (χ0v) is 25.3. The molecule has 222 valence electrons. The smallest absolute Gasteiger partial charge is 0.138 e. The zero-order valence-electron chi connectivity index (χ0n) is 25.3. The minimum atomic E-state index is 0.606. The molecule has 2 aliphatic rings. The van der Waals surface area contributed by atoms with Crippen LogP contribution in [0.1, 0.15) is 0 Å². The summed E-state index contributed by atoms with van der Waals surface area (Å²) in [5, 5.41) is 2.32. The minimum absolute atomic E-state index is 0.606. The van der Waals surface area contributed by atoms with E-state index in [1.165, 1.54) is 5.39 Å². The highest BCUT2D eigenvalue weighted by Crippen LogP contribution is 2.48. The maximum absolute atomic E-state index is 6.56. The van der Waals surface area contributed by atoms with E-state index in [1.807, 2.05) is 24.4 Å². The summed E-state index contributed by atoms with van der Waals surface area (Å²) in [6, 6.07) is 50.8. The molecule has 8 aromatic rings. The van der Waals surface area contributed by atoms with Crippen molar-refractivity contribution in [3.63, 3.8) is 0 Å². The van der Waals surface area contributed by atoms with Crippen LogP contribution in [0.25, 0.3) is 50.0 Å². The van der Waals surface area contributed by atoms with Crippen LogP contribution in [-0.4, -0.2) is 21.2 Å². The van der Waals surface area contributed by atoms with Crippen molar-refractivity contribution in [2.24, 2.45) is 0 Å². The second kappa shape index (κ2) is 10.1. The van der Waals surface area contributed by atoms with Crippen molar-refractivity contribution in [2.45, 2.75) is 0 Å². The van der Waals surface area contributed by atoms with E-state index in [9.17, 15) is 0 Å². The van der Waals surface area contributed by atoms with Crippen molar-refractivity contribution in [1.29, 1.82) is 0 Å². The molecule has 0 saturated heterocycles. The largest absolute Gasteiger partial charge is 0.457 e. The van der Waals surface area contributed by atoms with Crippen molar-refractivity contribution >= 4 is 44.7 Å². The van der Waals surface area contributed by atoms with Gasteiger partial charge in [0.25, 0.3) is 0 Å². The normalized spacial score (nSPS) is 13.1. The summed E-state index contributed by atoms with van der Waals surface area (Å²) >= 11 is 0. The van der Waals surface area contributed by atoms with Crippen molar-refractivity contribution in [3.05, 3.63) is 152 Å². The van der Waals surface area contributed by atoms with Gasteiger partial charge < -0.3 is 14.5 Å². The number of para-hydroxylation sites is 4. The van der Waals surface area contributed by atoms with E-state index in [0.717, 1.165) is 79.0 Å². The molecule has 0 fully saturated rings. The molecule has 47 heavy (non-hydrogen) atoms. The molecule has 6 heteroatoms. The Morgan fingerprint density at radius 1 is 0.489 bits per heavy atom. The molecule has 0 amide bonds. The van der Waals surface area contributed by atoms with Gasteiger partial charge in [-0.15, -0.1) is 0 Å². The van der Waals surface area contributed by atoms with Gasteiger partial charge in [-0.05, 0) is 60.2 Å². The molecular formula is C41H27N5O. The highest BCUT2D eigenvalue weighted by molar-refractivity contribution is 6.09. The van der Waals surface area contributed by atoms with Gasteiger partial charge in [0, 0.05) is 40.2 Å². The molecular weight excluding hydrogens is 578 g/mol. The van der Waals surface area contributed by atoms with Gasteiger partial charge in [-0.25, -0.2) is 9.97 Å². The molecule has 0 spiro atoms. The lowest BCUT2D eigenvalue weighted by molar-refractivity contribution is 0.482. The number of fused-ring (bicyclic) bond motifs is 20. The third kappa shape index (κ3) is 3.98.